The van der Waals surface area contributed by atoms with Crippen molar-refractivity contribution < 1.29 is 13.6 Å². The van der Waals surface area contributed by atoms with E-state index in [1.807, 2.05) is 30.0 Å². The molecule has 2 aromatic rings. The van der Waals surface area contributed by atoms with Crippen LogP contribution < -0.4 is 10.6 Å². The predicted octanol–water partition coefficient (Wildman–Crippen LogP) is 3.32. The summed E-state index contributed by atoms with van der Waals surface area (Å²) in [6.07, 6.45) is 1.39. The molecule has 0 aromatic heterocycles. The van der Waals surface area contributed by atoms with Gasteiger partial charge in [0.1, 0.15) is 0 Å². The molecule has 7 heteroatoms. The molecule has 1 aliphatic rings. The maximum absolute atomic E-state index is 13.4. The van der Waals surface area contributed by atoms with Crippen LogP contribution in [0.15, 0.2) is 53.5 Å². The summed E-state index contributed by atoms with van der Waals surface area (Å²) >= 11 is 0. The number of hydrogen-bond donors (Lipinski definition) is 2. The summed E-state index contributed by atoms with van der Waals surface area (Å²) in [6, 6.07) is 14.1. The van der Waals surface area contributed by atoms with Crippen LogP contribution in [0.5, 0.6) is 0 Å². The second kappa shape index (κ2) is 10.9. The van der Waals surface area contributed by atoms with Crippen molar-refractivity contribution in [2.45, 2.75) is 25.7 Å². The van der Waals surface area contributed by atoms with Gasteiger partial charge in [-0.05, 0) is 35.6 Å². The van der Waals surface area contributed by atoms with E-state index in [4.69, 9.17) is 0 Å². The van der Waals surface area contributed by atoms with Crippen molar-refractivity contribution in [2.75, 3.05) is 33.2 Å². The van der Waals surface area contributed by atoms with Crippen molar-refractivity contribution in [3.05, 3.63) is 71.3 Å². The molecule has 0 radical (unpaired) electrons. The highest BCUT2D eigenvalue weighted by molar-refractivity contribution is 5.80. The minimum absolute atomic E-state index is 0.0183. The van der Waals surface area contributed by atoms with Crippen LogP contribution >= 0.6 is 0 Å². The summed E-state index contributed by atoms with van der Waals surface area (Å²) in [5.41, 5.74) is 1.95. The van der Waals surface area contributed by atoms with Gasteiger partial charge in [0.15, 0.2) is 17.6 Å². The molecule has 31 heavy (non-hydrogen) atoms. The van der Waals surface area contributed by atoms with Crippen molar-refractivity contribution in [3.63, 3.8) is 0 Å². The highest BCUT2D eigenvalue weighted by atomic mass is 19.2. The molecule has 2 atom stereocenters. The highest BCUT2D eigenvalue weighted by Crippen LogP contribution is 2.19. The number of carbonyl (C=O) groups is 1. The average Bonchev–Trinajstić information content (AvgIpc) is 3.14. The third-order valence-corrected chi connectivity index (χ3v) is 5.68. The molecule has 166 valence electrons. The number of aliphatic imine (C=N–C) groups is 1. The van der Waals surface area contributed by atoms with Crippen LogP contribution in [-0.4, -0.2) is 50.0 Å². The van der Waals surface area contributed by atoms with E-state index in [1.165, 1.54) is 11.6 Å². The van der Waals surface area contributed by atoms with Crippen LogP contribution in [0.25, 0.3) is 0 Å². The van der Waals surface area contributed by atoms with Crippen LogP contribution in [0.3, 0.4) is 0 Å². The summed E-state index contributed by atoms with van der Waals surface area (Å²) in [4.78, 5) is 18.5. The van der Waals surface area contributed by atoms with Crippen LogP contribution in [0, 0.1) is 17.6 Å². The second-order valence-electron chi connectivity index (χ2n) is 8.05. The number of nitrogens with one attached hydrogen (secondary N) is 2. The van der Waals surface area contributed by atoms with Gasteiger partial charge in [-0.15, -0.1) is 0 Å². The van der Waals surface area contributed by atoms with Gasteiger partial charge in [-0.1, -0.05) is 43.3 Å². The molecule has 2 aromatic carbocycles. The molecule has 0 bridgehead atoms. The smallest absolute Gasteiger partial charge is 0.223 e. The SMILES string of the molecule is CN=C(NCC1CC(=O)N(CCc2ccccc2)C1)NCC(C)c1ccc(F)c(F)c1. The molecule has 0 saturated carbocycles. The Balaban J connectivity index is 1.42. The maximum Gasteiger partial charge on any atom is 0.223 e. The van der Waals surface area contributed by atoms with Gasteiger partial charge in [0, 0.05) is 45.6 Å². The van der Waals surface area contributed by atoms with Crippen molar-refractivity contribution in [1.82, 2.24) is 15.5 Å². The van der Waals surface area contributed by atoms with Crippen molar-refractivity contribution in [3.8, 4) is 0 Å². The fraction of sp³-hybridized carbons (Fsp3) is 0.417. The van der Waals surface area contributed by atoms with E-state index < -0.39 is 11.6 Å². The van der Waals surface area contributed by atoms with E-state index in [2.05, 4.69) is 27.8 Å². The van der Waals surface area contributed by atoms with Gasteiger partial charge < -0.3 is 15.5 Å². The molecule has 1 aliphatic heterocycles. The van der Waals surface area contributed by atoms with E-state index in [-0.39, 0.29) is 17.7 Å². The molecule has 2 N–H and O–H groups in total. The highest BCUT2D eigenvalue weighted by Gasteiger charge is 2.29. The van der Waals surface area contributed by atoms with E-state index in [0.717, 1.165) is 31.1 Å². The Morgan fingerprint density at radius 2 is 1.94 bits per heavy atom. The molecule has 2 unspecified atom stereocenters. The van der Waals surface area contributed by atoms with Crippen molar-refractivity contribution in [1.29, 1.82) is 0 Å². The van der Waals surface area contributed by atoms with E-state index in [1.54, 1.807) is 13.1 Å². The van der Waals surface area contributed by atoms with Crippen LogP contribution in [0.1, 0.15) is 30.4 Å². The fourth-order valence-corrected chi connectivity index (χ4v) is 3.76. The zero-order valence-electron chi connectivity index (χ0n) is 18.1. The Hall–Kier alpha value is -2.96. The number of halogens is 2. The van der Waals surface area contributed by atoms with Crippen molar-refractivity contribution in [2.24, 2.45) is 10.9 Å². The molecule has 0 spiro atoms. The maximum atomic E-state index is 13.4. The lowest BCUT2D eigenvalue weighted by molar-refractivity contribution is -0.127. The number of nitrogens with zero attached hydrogens (tertiary/aromatic N) is 2. The minimum Gasteiger partial charge on any atom is -0.356 e. The Morgan fingerprint density at radius 1 is 1.16 bits per heavy atom. The van der Waals surface area contributed by atoms with Crippen LogP contribution in [0.4, 0.5) is 8.78 Å². The molecule has 1 heterocycles. The summed E-state index contributed by atoms with van der Waals surface area (Å²) in [5.74, 6) is -0.650. The minimum atomic E-state index is -0.842. The monoisotopic (exact) mass is 428 g/mol. The number of amides is 1. The summed E-state index contributed by atoms with van der Waals surface area (Å²) in [5, 5.41) is 6.50. The van der Waals surface area contributed by atoms with Crippen LogP contribution in [-0.2, 0) is 11.2 Å². The molecular formula is C24H30F2N4O. The first-order chi connectivity index (χ1) is 15.0. The lowest BCUT2D eigenvalue weighted by atomic mass is 10.0. The number of rotatable bonds is 8. The normalized spacial score (nSPS) is 17.7. The molecule has 1 fully saturated rings. The molecule has 0 aliphatic carbocycles. The van der Waals surface area contributed by atoms with E-state index >= 15 is 0 Å². The summed E-state index contributed by atoms with van der Waals surface area (Å²) < 4.78 is 26.6. The Kier molecular flexibility index (Phi) is 7.98. The Labute approximate surface area is 182 Å². The van der Waals surface area contributed by atoms with Gasteiger partial charge in [0.25, 0.3) is 0 Å². The quantitative estimate of drug-likeness (QED) is 0.501. The number of carbonyl (C=O) groups excluding carboxylic acids is 1. The van der Waals surface area contributed by atoms with Gasteiger partial charge in [0.05, 0.1) is 0 Å². The largest absolute Gasteiger partial charge is 0.356 e. The summed E-state index contributed by atoms with van der Waals surface area (Å²) in [6.45, 7) is 4.58. The van der Waals surface area contributed by atoms with Gasteiger partial charge in [-0.3, -0.25) is 9.79 Å². The third kappa shape index (κ3) is 6.51. The fourth-order valence-electron chi connectivity index (χ4n) is 3.76. The van der Waals surface area contributed by atoms with Gasteiger partial charge in [-0.2, -0.15) is 0 Å². The first-order valence-electron chi connectivity index (χ1n) is 10.7. The number of guanidine groups is 1. The van der Waals surface area contributed by atoms with Crippen molar-refractivity contribution >= 4 is 11.9 Å². The Bertz CT molecular complexity index is 904. The second-order valence-corrected chi connectivity index (χ2v) is 8.05. The summed E-state index contributed by atoms with van der Waals surface area (Å²) in [7, 11) is 1.68. The predicted molar refractivity (Wildman–Crippen MR) is 119 cm³/mol. The topological polar surface area (TPSA) is 56.7 Å². The van der Waals surface area contributed by atoms with Crippen LogP contribution in [0.2, 0.25) is 0 Å². The first-order valence-corrected chi connectivity index (χ1v) is 10.7. The number of hydrogen-bond acceptors (Lipinski definition) is 2. The molecule has 1 saturated heterocycles. The number of benzene rings is 2. The zero-order valence-corrected chi connectivity index (χ0v) is 18.1. The van der Waals surface area contributed by atoms with Gasteiger partial charge >= 0.3 is 0 Å². The van der Waals surface area contributed by atoms with E-state index in [9.17, 15) is 13.6 Å². The molecule has 1 amide bonds. The van der Waals surface area contributed by atoms with Gasteiger partial charge in [0.2, 0.25) is 5.91 Å². The third-order valence-electron chi connectivity index (χ3n) is 5.68. The lowest BCUT2D eigenvalue weighted by Gasteiger charge is -2.19. The molecule has 5 nitrogen and oxygen atoms in total. The zero-order chi connectivity index (χ0) is 22.2. The standard InChI is InChI=1S/C24H30F2N4O/c1-17(20-8-9-21(25)22(26)13-20)14-28-24(27-2)29-15-19-12-23(31)30(16-19)11-10-18-6-4-3-5-7-18/h3-9,13,17,19H,10-12,14-16H2,1-2H3,(H2,27,28,29). The Morgan fingerprint density at radius 3 is 2.65 bits per heavy atom. The van der Waals surface area contributed by atoms with E-state index in [0.29, 0.717) is 25.5 Å². The van der Waals surface area contributed by atoms with Gasteiger partial charge in [-0.25, -0.2) is 8.78 Å². The number of likely N-dealkylation sites (tertiary alicyclic amines) is 1. The molecule has 3 rings (SSSR count). The molecular weight excluding hydrogens is 398 g/mol. The lowest BCUT2D eigenvalue weighted by Crippen LogP contribution is -2.41. The first kappa shape index (κ1) is 22.7. The average molecular weight is 429 g/mol.